The summed E-state index contributed by atoms with van der Waals surface area (Å²) in [5, 5.41) is 4.59. The second-order valence-corrected chi connectivity index (χ2v) is 9.54. The molecule has 27 heavy (non-hydrogen) atoms. The maximum atomic E-state index is 4.77. The van der Waals surface area contributed by atoms with Gasteiger partial charge in [0.1, 0.15) is 0 Å². The number of hydrogen-bond acceptors (Lipinski definition) is 4. The molecule has 5 rings (SSSR count). The van der Waals surface area contributed by atoms with Gasteiger partial charge in [0, 0.05) is 43.1 Å². The van der Waals surface area contributed by atoms with Gasteiger partial charge in [-0.3, -0.25) is 4.90 Å². The predicted octanol–water partition coefficient (Wildman–Crippen LogP) is 3.43. The van der Waals surface area contributed by atoms with Gasteiger partial charge in [0.15, 0.2) is 5.65 Å². The van der Waals surface area contributed by atoms with Gasteiger partial charge in [-0.1, -0.05) is 6.42 Å². The Morgan fingerprint density at radius 2 is 1.93 bits per heavy atom. The number of fused-ring (bicyclic) bond motifs is 1. The lowest BCUT2D eigenvalue weighted by Gasteiger charge is -2.43. The third-order valence-corrected chi connectivity index (χ3v) is 7.24. The third-order valence-electron chi connectivity index (χ3n) is 7.24. The number of piperidine rings is 1. The van der Waals surface area contributed by atoms with Gasteiger partial charge in [-0.05, 0) is 76.4 Å². The van der Waals surface area contributed by atoms with Crippen LogP contribution in [0.3, 0.4) is 0 Å². The molecule has 1 spiro atoms. The van der Waals surface area contributed by atoms with Crippen LogP contribution in [-0.4, -0.2) is 57.1 Å². The number of hydrogen-bond donors (Lipinski definition) is 0. The molecule has 0 aromatic carbocycles. The van der Waals surface area contributed by atoms with E-state index >= 15 is 0 Å². The van der Waals surface area contributed by atoms with Crippen LogP contribution in [0.1, 0.15) is 55.5 Å². The number of nitrogens with zero attached hydrogens (tertiary/aromatic N) is 5. The summed E-state index contributed by atoms with van der Waals surface area (Å²) >= 11 is 0. The number of aryl methyl sites for hydroxylation is 2. The Kier molecular flexibility index (Phi) is 4.47. The number of rotatable bonds is 4. The van der Waals surface area contributed by atoms with Crippen molar-refractivity contribution in [1.82, 2.24) is 24.4 Å². The molecule has 3 fully saturated rings. The first-order valence-electron chi connectivity index (χ1n) is 10.9. The Morgan fingerprint density at radius 3 is 2.74 bits per heavy atom. The maximum Gasteiger partial charge on any atom is 0.159 e. The lowest BCUT2D eigenvalue weighted by molar-refractivity contribution is 0.0668. The Balaban J connectivity index is 1.27. The van der Waals surface area contributed by atoms with Crippen molar-refractivity contribution in [3.63, 3.8) is 0 Å². The van der Waals surface area contributed by atoms with Crippen LogP contribution < -0.4 is 0 Å². The Hall–Kier alpha value is -1.46. The van der Waals surface area contributed by atoms with E-state index in [0.717, 1.165) is 23.8 Å². The van der Waals surface area contributed by atoms with Gasteiger partial charge in [0.05, 0.1) is 6.20 Å². The van der Waals surface area contributed by atoms with Gasteiger partial charge in [0.2, 0.25) is 0 Å². The summed E-state index contributed by atoms with van der Waals surface area (Å²) in [6.07, 6.45) is 10.6. The molecule has 2 aliphatic heterocycles. The van der Waals surface area contributed by atoms with Crippen molar-refractivity contribution in [3.05, 3.63) is 29.2 Å². The van der Waals surface area contributed by atoms with Gasteiger partial charge in [-0.15, -0.1) is 0 Å². The second-order valence-electron chi connectivity index (χ2n) is 9.54. The van der Waals surface area contributed by atoms with Crippen molar-refractivity contribution in [1.29, 1.82) is 0 Å². The molecule has 1 aliphatic carbocycles. The molecule has 5 heteroatoms. The normalized spacial score (nSPS) is 27.6. The van der Waals surface area contributed by atoms with Crippen LogP contribution >= 0.6 is 0 Å². The van der Waals surface area contributed by atoms with Gasteiger partial charge in [-0.25, -0.2) is 9.50 Å². The van der Waals surface area contributed by atoms with Crippen molar-refractivity contribution in [2.24, 2.45) is 11.3 Å². The summed E-state index contributed by atoms with van der Waals surface area (Å²) in [5.74, 6) is 0.994. The number of aromatic nitrogens is 3. The molecular formula is C22H33N5. The highest BCUT2D eigenvalue weighted by atomic mass is 15.3. The van der Waals surface area contributed by atoms with E-state index in [2.05, 4.69) is 34.8 Å². The average molecular weight is 368 g/mol. The minimum Gasteiger partial charge on any atom is -0.302 e. The topological polar surface area (TPSA) is 36.7 Å². The zero-order valence-corrected chi connectivity index (χ0v) is 17.0. The van der Waals surface area contributed by atoms with E-state index < -0.39 is 0 Å². The Morgan fingerprint density at radius 1 is 1.07 bits per heavy atom. The highest BCUT2D eigenvalue weighted by Crippen LogP contribution is 2.40. The van der Waals surface area contributed by atoms with Crippen LogP contribution in [0.2, 0.25) is 0 Å². The van der Waals surface area contributed by atoms with Crippen LogP contribution in [-0.2, 0) is 6.54 Å². The van der Waals surface area contributed by atoms with E-state index in [1.807, 2.05) is 10.7 Å². The van der Waals surface area contributed by atoms with Crippen LogP contribution in [0.4, 0.5) is 0 Å². The van der Waals surface area contributed by atoms with Crippen LogP contribution in [0.25, 0.3) is 5.65 Å². The van der Waals surface area contributed by atoms with E-state index in [4.69, 9.17) is 4.98 Å². The predicted molar refractivity (Wildman–Crippen MR) is 108 cm³/mol. The largest absolute Gasteiger partial charge is 0.302 e. The molecule has 5 nitrogen and oxygen atoms in total. The maximum absolute atomic E-state index is 4.77. The first-order valence-corrected chi connectivity index (χ1v) is 10.9. The second kappa shape index (κ2) is 6.85. The molecule has 0 bridgehead atoms. The molecule has 2 aromatic heterocycles. The molecule has 4 heterocycles. The molecule has 0 amide bonds. The fourth-order valence-corrected chi connectivity index (χ4v) is 5.67. The van der Waals surface area contributed by atoms with Crippen LogP contribution in [0.5, 0.6) is 0 Å². The van der Waals surface area contributed by atoms with Gasteiger partial charge in [-0.2, -0.15) is 5.10 Å². The van der Waals surface area contributed by atoms with E-state index in [-0.39, 0.29) is 0 Å². The monoisotopic (exact) mass is 367 g/mol. The zero-order valence-electron chi connectivity index (χ0n) is 17.0. The van der Waals surface area contributed by atoms with Gasteiger partial charge in [0.25, 0.3) is 0 Å². The molecule has 146 valence electrons. The van der Waals surface area contributed by atoms with E-state index in [1.165, 1.54) is 82.5 Å². The first kappa shape index (κ1) is 17.6. The summed E-state index contributed by atoms with van der Waals surface area (Å²) in [7, 11) is 0. The van der Waals surface area contributed by atoms with Crippen molar-refractivity contribution in [2.45, 2.75) is 58.9 Å². The fourth-order valence-electron chi connectivity index (χ4n) is 5.67. The minimum atomic E-state index is 0.532. The van der Waals surface area contributed by atoms with E-state index in [0.29, 0.717) is 5.41 Å². The van der Waals surface area contributed by atoms with Crippen molar-refractivity contribution < 1.29 is 0 Å². The van der Waals surface area contributed by atoms with E-state index in [9.17, 15) is 0 Å². The molecule has 2 aromatic rings. The van der Waals surface area contributed by atoms with Gasteiger partial charge < -0.3 is 4.90 Å². The minimum absolute atomic E-state index is 0.532. The average Bonchev–Trinajstić information content (AvgIpc) is 3.17. The molecule has 0 N–H and O–H groups in total. The summed E-state index contributed by atoms with van der Waals surface area (Å²) in [4.78, 5) is 10.2. The summed E-state index contributed by atoms with van der Waals surface area (Å²) < 4.78 is 2.00. The van der Waals surface area contributed by atoms with Crippen LogP contribution in [0, 0.1) is 25.2 Å². The standard InChI is InChI=1S/C22H33N5/c1-17-11-18(2)27-21(24-17)20(12-23-27)14-26-10-8-22(16-26)7-4-9-25(15-22)13-19-5-3-6-19/h11-12,19H,3-10,13-16H2,1-2H3. The van der Waals surface area contributed by atoms with Crippen molar-refractivity contribution in [3.8, 4) is 0 Å². The highest BCUT2D eigenvalue weighted by molar-refractivity contribution is 5.47. The molecule has 1 atom stereocenters. The van der Waals surface area contributed by atoms with Crippen molar-refractivity contribution >= 4 is 5.65 Å². The Labute approximate surface area is 162 Å². The zero-order chi connectivity index (χ0) is 18.4. The third kappa shape index (κ3) is 3.40. The first-order chi connectivity index (χ1) is 13.1. The molecular weight excluding hydrogens is 334 g/mol. The smallest absolute Gasteiger partial charge is 0.159 e. The fraction of sp³-hybridized carbons (Fsp3) is 0.727. The van der Waals surface area contributed by atoms with Crippen molar-refractivity contribution in [2.75, 3.05) is 32.7 Å². The quantitative estimate of drug-likeness (QED) is 0.830. The SMILES string of the molecule is Cc1cc(C)n2ncc(CN3CCC4(CCCN(CC5CCC5)C4)C3)c2n1. The summed E-state index contributed by atoms with van der Waals surface area (Å²) in [6.45, 7) is 11.7. The summed E-state index contributed by atoms with van der Waals surface area (Å²) in [5.41, 5.74) is 5.10. The Bertz CT molecular complexity index is 823. The highest BCUT2D eigenvalue weighted by Gasteiger charge is 2.41. The molecule has 1 unspecified atom stereocenters. The molecule has 1 saturated carbocycles. The van der Waals surface area contributed by atoms with E-state index in [1.54, 1.807) is 0 Å². The summed E-state index contributed by atoms with van der Waals surface area (Å²) in [6, 6.07) is 2.10. The molecule has 2 saturated heterocycles. The van der Waals surface area contributed by atoms with Gasteiger partial charge >= 0.3 is 0 Å². The lowest BCUT2D eigenvalue weighted by Crippen LogP contribution is -2.47. The molecule has 0 radical (unpaired) electrons. The lowest BCUT2D eigenvalue weighted by atomic mass is 9.78. The number of likely N-dealkylation sites (tertiary alicyclic amines) is 2. The van der Waals surface area contributed by atoms with Crippen LogP contribution in [0.15, 0.2) is 12.3 Å². The molecule has 3 aliphatic rings.